The van der Waals surface area contributed by atoms with Gasteiger partial charge in [-0.2, -0.15) is 0 Å². The van der Waals surface area contributed by atoms with Crippen molar-refractivity contribution in [2.24, 2.45) is 5.92 Å². The molecule has 1 aromatic heterocycles. The molecule has 21 heavy (non-hydrogen) atoms. The molecule has 0 atom stereocenters. The predicted octanol–water partition coefficient (Wildman–Crippen LogP) is 3.14. The fraction of sp³-hybridized carbons (Fsp3) is 0.750. The Balaban J connectivity index is 3.18. The summed E-state index contributed by atoms with van der Waals surface area (Å²) in [5.41, 5.74) is 1.19. The van der Waals surface area contributed by atoms with E-state index in [-0.39, 0.29) is 0 Å². The molecule has 1 N–H and O–H groups in total. The maximum absolute atomic E-state index is 5.25. The molecule has 0 aliphatic heterocycles. The summed E-state index contributed by atoms with van der Waals surface area (Å²) in [6.45, 7) is 14.3. The van der Waals surface area contributed by atoms with Gasteiger partial charge in [-0.1, -0.05) is 27.7 Å². The number of ether oxygens (including phenoxy) is 1. The van der Waals surface area contributed by atoms with Crippen molar-refractivity contribution in [1.29, 1.82) is 0 Å². The molecule has 1 aromatic rings. The lowest BCUT2D eigenvalue weighted by Crippen LogP contribution is -2.33. The third-order valence-electron chi connectivity index (χ3n) is 3.23. The molecule has 0 aromatic carbocycles. The number of nitrogens with zero attached hydrogens (tertiary/aromatic N) is 3. The highest BCUT2D eigenvalue weighted by Crippen LogP contribution is 2.31. The number of hydrogen-bond donors (Lipinski definition) is 1. The van der Waals surface area contributed by atoms with Gasteiger partial charge in [-0.25, -0.2) is 9.97 Å². The van der Waals surface area contributed by atoms with E-state index in [1.807, 2.05) is 0 Å². The molecule has 0 radical (unpaired) electrons. The monoisotopic (exact) mass is 294 g/mol. The average Bonchev–Trinajstić information content (AvgIpc) is 2.43. The van der Waals surface area contributed by atoms with Crippen LogP contribution in [0.3, 0.4) is 0 Å². The summed E-state index contributed by atoms with van der Waals surface area (Å²) in [4.78, 5) is 11.3. The molecule has 0 saturated heterocycles. The molecule has 5 heteroatoms. The standard InChI is InChI=1S/C16H30N4O/c1-7-17-15-14(13(4)5)16(19-11-18-15)20(8-9-21-6)10-12(2)3/h11-13H,7-10H2,1-6H3,(H,17,18,19). The van der Waals surface area contributed by atoms with Crippen LogP contribution < -0.4 is 10.2 Å². The van der Waals surface area contributed by atoms with E-state index in [1.165, 1.54) is 5.56 Å². The fourth-order valence-electron chi connectivity index (χ4n) is 2.40. The Morgan fingerprint density at radius 1 is 1.24 bits per heavy atom. The van der Waals surface area contributed by atoms with Gasteiger partial charge in [0.05, 0.1) is 6.61 Å². The number of methoxy groups -OCH3 is 1. The maximum atomic E-state index is 5.25. The highest BCUT2D eigenvalue weighted by molar-refractivity contribution is 5.60. The quantitative estimate of drug-likeness (QED) is 0.758. The van der Waals surface area contributed by atoms with Crippen molar-refractivity contribution in [3.63, 3.8) is 0 Å². The Bertz CT molecular complexity index is 421. The van der Waals surface area contributed by atoms with Gasteiger partial charge < -0.3 is 15.0 Å². The Morgan fingerprint density at radius 2 is 1.95 bits per heavy atom. The SMILES string of the molecule is CCNc1ncnc(N(CCOC)CC(C)C)c1C(C)C. The highest BCUT2D eigenvalue weighted by Gasteiger charge is 2.20. The Labute approximate surface area is 129 Å². The normalized spacial score (nSPS) is 11.2. The van der Waals surface area contributed by atoms with Crippen LogP contribution in [0.1, 0.15) is 46.1 Å². The van der Waals surface area contributed by atoms with Crippen molar-refractivity contribution in [1.82, 2.24) is 9.97 Å². The minimum absolute atomic E-state index is 0.368. The molecule has 0 saturated carbocycles. The van der Waals surface area contributed by atoms with Crippen LogP contribution in [0.2, 0.25) is 0 Å². The molecule has 1 heterocycles. The summed E-state index contributed by atoms with van der Waals surface area (Å²) in [5.74, 6) is 2.91. The van der Waals surface area contributed by atoms with Crippen LogP contribution in [0.25, 0.3) is 0 Å². The maximum Gasteiger partial charge on any atom is 0.137 e. The number of rotatable bonds is 9. The average molecular weight is 294 g/mol. The summed E-state index contributed by atoms with van der Waals surface area (Å²) in [7, 11) is 1.74. The van der Waals surface area contributed by atoms with Crippen LogP contribution >= 0.6 is 0 Å². The Kier molecular flexibility index (Phi) is 7.43. The molecule has 0 aliphatic rings. The predicted molar refractivity (Wildman–Crippen MR) is 89.2 cm³/mol. The number of hydrogen-bond acceptors (Lipinski definition) is 5. The lowest BCUT2D eigenvalue weighted by molar-refractivity contribution is 0.204. The van der Waals surface area contributed by atoms with Gasteiger partial charge >= 0.3 is 0 Å². The van der Waals surface area contributed by atoms with Gasteiger partial charge in [0.1, 0.15) is 18.0 Å². The first kappa shape index (κ1) is 17.7. The second kappa shape index (κ2) is 8.82. The first-order valence-electron chi connectivity index (χ1n) is 7.83. The van der Waals surface area contributed by atoms with Crippen molar-refractivity contribution in [2.75, 3.05) is 43.6 Å². The molecule has 0 bridgehead atoms. The molecule has 0 fully saturated rings. The van der Waals surface area contributed by atoms with Gasteiger partial charge in [0.15, 0.2) is 0 Å². The third-order valence-corrected chi connectivity index (χ3v) is 3.23. The number of nitrogens with one attached hydrogen (secondary N) is 1. The van der Waals surface area contributed by atoms with E-state index in [1.54, 1.807) is 13.4 Å². The topological polar surface area (TPSA) is 50.3 Å². The third kappa shape index (κ3) is 5.16. The van der Waals surface area contributed by atoms with Crippen LogP contribution in [0.4, 0.5) is 11.6 Å². The largest absolute Gasteiger partial charge is 0.383 e. The zero-order valence-corrected chi connectivity index (χ0v) is 14.3. The van der Waals surface area contributed by atoms with Crippen LogP contribution in [0.15, 0.2) is 6.33 Å². The van der Waals surface area contributed by atoms with Gasteiger partial charge in [0.25, 0.3) is 0 Å². The first-order valence-corrected chi connectivity index (χ1v) is 7.83. The summed E-state index contributed by atoms with van der Waals surface area (Å²) < 4.78 is 5.25. The molecule has 0 unspecified atom stereocenters. The fourth-order valence-corrected chi connectivity index (χ4v) is 2.40. The van der Waals surface area contributed by atoms with Crippen LogP contribution in [0.5, 0.6) is 0 Å². The van der Waals surface area contributed by atoms with Gasteiger partial charge in [0, 0.05) is 32.3 Å². The second-order valence-electron chi connectivity index (χ2n) is 5.98. The zero-order chi connectivity index (χ0) is 15.8. The van der Waals surface area contributed by atoms with Crippen LogP contribution in [0, 0.1) is 5.92 Å². The second-order valence-corrected chi connectivity index (χ2v) is 5.98. The van der Waals surface area contributed by atoms with E-state index in [2.05, 4.69) is 54.8 Å². The van der Waals surface area contributed by atoms with Crippen molar-refractivity contribution in [3.05, 3.63) is 11.9 Å². The molecular formula is C16H30N4O. The van der Waals surface area contributed by atoms with Crippen molar-refractivity contribution in [3.8, 4) is 0 Å². The minimum atomic E-state index is 0.368. The van der Waals surface area contributed by atoms with E-state index in [9.17, 15) is 0 Å². The molecule has 0 aliphatic carbocycles. The van der Waals surface area contributed by atoms with E-state index in [0.29, 0.717) is 18.4 Å². The summed E-state index contributed by atoms with van der Waals surface area (Å²) in [6.07, 6.45) is 1.65. The Morgan fingerprint density at radius 3 is 2.48 bits per heavy atom. The minimum Gasteiger partial charge on any atom is -0.383 e. The van der Waals surface area contributed by atoms with Crippen molar-refractivity contribution in [2.45, 2.75) is 40.5 Å². The summed E-state index contributed by atoms with van der Waals surface area (Å²) >= 11 is 0. The van der Waals surface area contributed by atoms with E-state index in [4.69, 9.17) is 4.74 Å². The van der Waals surface area contributed by atoms with Crippen molar-refractivity contribution >= 4 is 11.6 Å². The van der Waals surface area contributed by atoms with E-state index >= 15 is 0 Å². The summed E-state index contributed by atoms with van der Waals surface area (Å²) in [5, 5.41) is 3.35. The first-order chi connectivity index (χ1) is 10.0. The smallest absolute Gasteiger partial charge is 0.137 e. The van der Waals surface area contributed by atoms with Crippen molar-refractivity contribution < 1.29 is 4.74 Å². The molecule has 5 nitrogen and oxygen atoms in total. The van der Waals surface area contributed by atoms with Gasteiger partial charge in [-0.05, 0) is 18.8 Å². The number of anilines is 2. The number of aromatic nitrogens is 2. The lowest BCUT2D eigenvalue weighted by Gasteiger charge is -2.29. The summed E-state index contributed by atoms with van der Waals surface area (Å²) in [6, 6.07) is 0. The van der Waals surface area contributed by atoms with Crippen LogP contribution in [-0.4, -0.2) is 43.3 Å². The molecular weight excluding hydrogens is 264 g/mol. The molecule has 0 spiro atoms. The Hall–Kier alpha value is -1.36. The lowest BCUT2D eigenvalue weighted by atomic mass is 10.0. The van der Waals surface area contributed by atoms with E-state index < -0.39 is 0 Å². The van der Waals surface area contributed by atoms with Gasteiger partial charge in [0.2, 0.25) is 0 Å². The van der Waals surface area contributed by atoms with Gasteiger partial charge in [-0.3, -0.25) is 0 Å². The van der Waals surface area contributed by atoms with Crippen LogP contribution in [-0.2, 0) is 4.74 Å². The molecule has 1 rings (SSSR count). The molecule has 0 amide bonds. The van der Waals surface area contributed by atoms with E-state index in [0.717, 1.165) is 31.3 Å². The molecule has 120 valence electrons. The zero-order valence-electron chi connectivity index (χ0n) is 14.3. The van der Waals surface area contributed by atoms with Gasteiger partial charge in [-0.15, -0.1) is 0 Å². The highest BCUT2D eigenvalue weighted by atomic mass is 16.5.